The Kier molecular flexibility index (Phi) is 6.09. The zero-order chi connectivity index (χ0) is 22.0. The van der Waals surface area contributed by atoms with Gasteiger partial charge in [0.1, 0.15) is 5.75 Å². The Morgan fingerprint density at radius 2 is 1.81 bits per heavy atom. The molecule has 0 amide bonds. The van der Waals surface area contributed by atoms with Gasteiger partial charge in [-0.15, -0.1) is 0 Å². The molecule has 0 spiro atoms. The summed E-state index contributed by atoms with van der Waals surface area (Å²) in [6.07, 6.45) is 7.15. The highest BCUT2D eigenvalue weighted by Gasteiger charge is 2.44. The third-order valence-corrected chi connectivity index (χ3v) is 7.98. The van der Waals surface area contributed by atoms with E-state index in [1.165, 1.54) is 37.7 Å². The summed E-state index contributed by atoms with van der Waals surface area (Å²) in [5.41, 5.74) is 4.08. The van der Waals surface area contributed by atoms with Crippen LogP contribution in [0.15, 0.2) is 64.5 Å². The van der Waals surface area contributed by atoms with E-state index in [0.717, 1.165) is 34.7 Å². The van der Waals surface area contributed by atoms with Crippen LogP contribution in [0, 0.1) is 5.92 Å². The van der Waals surface area contributed by atoms with Gasteiger partial charge in [-0.3, -0.25) is 4.79 Å². The summed E-state index contributed by atoms with van der Waals surface area (Å²) >= 11 is 1.55. The number of rotatable bonds is 6. The summed E-state index contributed by atoms with van der Waals surface area (Å²) in [4.78, 5) is 21.6. The number of hydrogen-bond acceptors (Lipinski definition) is 4. The van der Waals surface area contributed by atoms with Gasteiger partial charge in [0, 0.05) is 16.7 Å². The molecule has 0 saturated heterocycles. The number of aromatic nitrogens is 2. The van der Waals surface area contributed by atoms with Crippen LogP contribution in [0.25, 0.3) is 11.3 Å². The first-order chi connectivity index (χ1) is 15.6. The predicted molar refractivity (Wildman–Crippen MR) is 131 cm³/mol. The standard InChI is InChI=1S/C27H30N2O2S/c1-27(20-11-4-2-5-12-20)18-19-10-8-9-15-22(19)24-23(27)25(30)29-26(28-24)32-17-16-31-21-13-6-3-7-14-21/h3,6-10,13-15,20H,2,4-5,11-12,16-18H2,1H3,(H,28,29,30)/t27-/m1/s1. The number of thioether (sulfide) groups is 1. The smallest absolute Gasteiger partial charge is 0.255 e. The van der Waals surface area contributed by atoms with Gasteiger partial charge in [0.05, 0.1) is 17.9 Å². The Labute approximate surface area is 193 Å². The van der Waals surface area contributed by atoms with E-state index >= 15 is 0 Å². The Bertz CT molecular complexity index is 1140. The third kappa shape index (κ3) is 4.11. The first kappa shape index (κ1) is 21.3. The molecule has 32 heavy (non-hydrogen) atoms. The van der Waals surface area contributed by atoms with Crippen molar-refractivity contribution in [1.82, 2.24) is 9.97 Å². The number of hydrogen-bond donors (Lipinski definition) is 1. The number of nitrogens with zero attached hydrogens (tertiary/aromatic N) is 1. The second-order valence-electron chi connectivity index (χ2n) is 9.19. The third-order valence-electron chi connectivity index (χ3n) is 7.14. The molecule has 0 bridgehead atoms. The maximum atomic E-state index is 13.5. The van der Waals surface area contributed by atoms with Crippen LogP contribution >= 0.6 is 11.8 Å². The van der Waals surface area contributed by atoms with E-state index < -0.39 is 0 Å². The van der Waals surface area contributed by atoms with Gasteiger partial charge in [0.2, 0.25) is 0 Å². The summed E-state index contributed by atoms with van der Waals surface area (Å²) in [5, 5.41) is 0.674. The van der Waals surface area contributed by atoms with Crippen LogP contribution in [0.4, 0.5) is 0 Å². The quantitative estimate of drug-likeness (QED) is 0.287. The van der Waals surface area contributed by atoms with Crippen molar-refractivity contribution in [1.29, 1.82) is 0 Å². The van der Waals surface area contributed by atoms with Crippen LogP contribution < -0.4 is 10.3 Å². The molecular weight excluding hydrogens is 416 g/mol. The molecule has 0 radical (unpaired) electrons. The molecule has 4 nitrogen and oxygen atoms in total. The van der Waals surface area contributed by atoms with E-state index in [1.807, 2.05) is 30.3 Å². The average Bonchev–Trinajstić information content (AvgIpc) is 2.83. The van der Waals surface area contributed by atoms with Crippen molar-refractivity contribution in [2.45, 2.75) is 56.0 Å². The van der Waals surface area contributed by atoms with E-state index in [4.69, 9.17) is 9.72 Å². The normalized spacial score (nSPS) is 20.4. The molecule has 2 aliphatic rings. The highest BCUT2D eigenvalue weighted by molar-refractivity contribution is 7.99. The summed E-state index contributed by atoms with van der Waals surface area (Å²) in [6, 6.07) is 18.3. The van der Waals surface area contributed by atoms with E-state index in [2.05, 4.69) is 36.2 Å². The van der Waals surface area contributed by atoms with Gasteiger partial charge in [0.15, 0.2) is 5.16 Å². The van der Waals surface area contributed by atoms with Gasteiger partial charge in [-0.25, -0.2) is 4.98 Å². The first-order valence-electron chi connectivity index (χ1n) is 11.7. The topological polar surface area (TPSA) is 55.0 Å². The van der Waals surface area contributed by atoms with Crippen molar-refractivity contribution in [2.75, 3.05) is 12.4 Å². The predicted octanol–water partition coefficient (Wildman–Crippen LogP) is 6.00. The summed E-state index contributed by atoms with van der Waals surface area (Å²) in [6.45, 7) is 2.86. The monoisotopic (exact) mass is 446 g/mol. The molecule has 3 aromatic rings. The zero-order valence-corrected chi connectivity index (χ0v) is 19.4. The SMILES string of the molecule is C[C@]1(C2CCCCC2)Cc2ccccc2-c2nc(SCCOc3ccccc3)[nH]c(=O)c21. The Morgan fingerprint density at radius 1 is 1.06 bits per heavy atom. The second-order valence-corrected chi connectivity index (χ2v) is 10.3. The maximum absolute atomic E-state index is 13.5. The Morgan fingerprint density at radius 3 is 2.62 bits per heavy atom. The molecule has 1 saturated carbocycles. The highest BCUT2D eigenvalue weighted by atomic mass is 32.2. The van der Waals surface area contributed by atoms with Crippen molar-refractivity contribution in [3.8, 4) is 17.0 Å². The maximum Gasteiger partial charge on any atom is 0.255 e. The molecule has 1 fully saturated rings. The van der Waals surface area contributed by atoms with Crippen molar-refractivity contribution in [2.24, 2.45) is 5.92 Å². The number of aromatic amines is 1. The molecule has 5 heteroatoms. The molecule has 2 aromatic carbocycles. The van der Waals surface area contributed by atoms with Gasteiger partial charge in [-0.1, -0.05) is 80.4 Å². The van der Waals surface area contributed by atoms with Crippen LogP contribution in [0.3, 0.4) is 0 Å². The largest absolute Gasteiger partial charge is 0.493 e. The van der Waals surface area contributed by atoms with Crippen LogP contribution in [-0.2, 0) is 11.8 Å². The highest BCUT2D eigenvalue weighted by Crippen LogP contribution is 2.48. The van der Waals surface area contributed by atoms with E-state index in [0.29, 0.717) is 17.7 Å². The van der Waals surface area contributed by atoms with Gasteiger partial charge in [-0.05, 0) is 42.9 Å². The molecule has 0 unspecified atom stereocenters. The van der Waals surface area contributed by atoms with Crippen molar-refractivity contribution in [3.63, 3.8) is 0 Å². The molecule has 2 aliphatic carbocycles. The van der Waals surface area contributed by atoms with Crippen LogP contribution in [0.2, 0.25) is 0 Å². The summed E-state index contributed by atoms with van der Waals surface area (Å²) in [5.74, 6) is 2.11. The second kappa shape index (κ2) is 9.14. The van der Waals surface area contributed by atoms with Crippen molar-refractivity contribution >= 4 is 11.8 Å². The molecule has 1 heterocycles. The molecule has 166 valence electrons. The molecule has 5 rings (SSSR count). The van der Waals surface area contributed by atoms with Gasteiger partial charge in [-0.2, -0.15) is 0 Å². The molecule has 0 aliphatic heterocycles. The van der Waals surface area contributed by atoms with Gasteiger partial charge in [0.25, 0.3) is 5.56 Å². The van der Waals surface area contributed by atoms with E-state index in [9.17, 15) is 4.79 Å². The number of para-hydroxylation sites is 1. The fourth-order valence-electron chi connectivity index (χ4n) is 5.54. The summed E-state index contributed by atoms with van der Waals surface area (Å²) in [7, 11) is 0. The lowest BCUT2D eigenvalue weighted by atomic mass is 9.60. The van der Waals surface area contributed by atoms with E-state index in [-0.39, 0.29) is 11.0 Å². The summed E-state index contributed by atoms with van der Waals surface area (Å²) < 4.78 is 5.80. The minimum Gasteiger partial charge on any atom is -0.493 e. The van der Waals surface area contributed by atoms with Crippen LogP contribution in [0.5, 0.6) is 5.75 Å². The lowest BCUT2D eigenvalue weighted by Crippen LogP contribution is -2.43. The molecule has 1 aromatic heterocycles. The molecular formula is C27H30N2O2S. The Balaban J connectivity index is 1.44. The van der Waals surface area contributed by atoms with E-state index in [1.54, 1.807) is 11.8 Å². The lowest BCUT2D eigenvalue weighted by molar-refractivity contribution is 0.213. The van der Waals surface area contributed by atoms with Crippen molar-refractivity contribution in [3.05, 3.63) is 76.1 Å². The lowest BCUT2D eigenvalue weighted by Gasteiger charge is -2.43. The van der Waals surface area contributed by atoms with Crippen LogP contribution in [0.1, 0.15) is 50.2 Å². The Hall–Kier alpha value is -2.53. The van der Waals surface area contributed by atoms with Gasteiger partial charge >= 0.3 is 0 Å². The molecule has 1 N–H and O–H groups in total. The fraction of sp³-hybridized carbons (Fsp3) is 0.407. The number of fused-ring (bicyclic) bond motifs is 3. The first-order valence-corrected chi connectivity index (χ1v) is 12.7. The number of H-pyrrole nitrogens is 1. The molecule has 1 atom stereocenters. The zero-order valence-electron chi connectivity index (χ0n) is 18.6. The number of nitrogens with one attached hydrogen (secondary N) is 1. The van der Waals surface area contributed by atoms with Crippen molar-refractivity contribution < 1.29 is 4.74 Å². The number of benzene rings is 2. The van der Waals surface area contributed by atoms with Gasteiger partial charge < -0.3 is 9.72 Å². The average molecular weight is 447 g/mol. The fourth-order valence-corrected chi connectivity index (χ4v) is 6.22. The number of ether oxygens (including phenoxy) is 1. The minimum atomic E-state index is -0.162. The van der Waals surface area contributed by atoms with Crippen LogP contribution in [-0.4, -0.2) is 22.3 Å². The minimum absolute atomic E-state index is 0.0315.